The highest BCUT2D eigenvalue weighted by Gasteiger charge is 1.87. The first-order chi connectivity index (χ1) is 6.33. The molecule has 0 fully saturated rings. The van der Waals surface area contributed by atoms with Crippen molar-refractivity contribution >= 4 is 12.6 Å². The molecule has 1 aromatic carbocycles. The standard InChI is InChI=1S/C10H12N2O/c1-12(9-13)11-8-7-10-5-3-2-4-6-10/h2-6,8-9H,7H2,1H3. The molecule has 1 rings (SSSR count). The van der Waals surface area contributed by atoms with E-state index in [4.69, 9.17) is 0 Å². The molecule has 68 valence electrons. The predicted molar refractivity (Wildman–Crippen MR) is 52.5 cm³/mol. The Morgan fingerprint density at radius 3 is 2.69 bits per heavy atom. The molecule has 0 radical (unpaired) electrons. The van der Waals surface area contributed by atoms with Crippen LogP contribution in [0.1, 0.15) is 5.56 Å². The van der Waals surface area contributed by atoms with Crippen molar-refractivity contribution in [2.45, 2.75) is 6.42 Å². The third-order valence-electron chi connectivity index (χ3n) is 1.59. The molecule has 0 N–H and O–H groups in total. The molecule has 0 atom stereocenters. The number of benzene rings is 1. The molecular formula is C10H12N2O. The fraction of sp³-hybridized carbons (Fsp3) is 0.200. The van der Waals surface area contributed by atoms with Crippen molar-refractivity contribution in [2.75, 3.05) is 7.05 Å². The van der Waals surface area contributed by atoms with Gasteiger partial charge in [0.15, 0.2) is 0 Å². The second kappa shape index (κ2) is 5.09. The van der Waals surface area contributed by atoms with Crippen LogP contribution in [0, 0.1) is 0 Å². The van der Waals surface area contributed by atoms with Crippen LogP contribution in [0.15, 0.2) is 35.4 Å². The highest BCUT2D eigenvalue weighted by molar-refractivity contribution is 5.62. The number of amides is 1. The van der Waals surface area contributed by atoms with E-state index in [1.54, 1.807) is 13.3 Å². The lowest BCUT2D eigenvalue weighted by Crippen LogP contribution is -2.07. The van der Waals surface area contributed by atoms with Crippen LogP contribution >= 0.6 is 0 Å². The summed E-state index contributed by atoms with van der Waals surface area (Å²) < 4.78 is 0. The first-order valence-electron chi connectivity index (χ1n) is 4.07. The highest BCUT2D eigenvalue weighted by atomic mass is 16.1. The van der Waals surface area contributed by atoms with E-state index >= 15 is 0 Å². The van der Waals surface area contributed by atoms with Crippen LogP contribution in [-0.2, 0) is 11.2 Å². The van der Waals surface area contributed by atoms with Gasteiger partial charge in [0.1, 0.15) is 0 Å². The molecule has 1 aromatic rings. The summed E-state index contributed by atoms with van der Waals surface area (Å²) in [6.07, 6.45) is 3.13. The van der Waals surface area contributed by atoms with Gasteiger partial charge in [-0.15, -0.1) is 0 Å². The Kier molecular flexibility index (Phi) is 3.70. The number of hydrogen-bond donors (Lipinski definition) is 0. The van der Waals surface area contributed by atoms with Gasteiger partial charge < -0.3 is 0 Å². The molecule has 0 spiro atoms. The predicted octanol–water partition coefficient (Wildman–Crippen LogP) is 1.30. The minimum absolute atomic E-state index is 0.668. The van der Waals surface area contributed by atoms with Gasteiger partial charge in [0.2, 0.25) is 6.41 Å². The normalized spacial score (nSPS) is 10.2. The van der Waals surface area contributed by atoms with Crippen molar-refractivity contribution in [2.24, 2.45) is 5.10 Å². The molecular weight excluding hydrogens is 164 g/mol. The molecule has 1 amide bonds. The summed E-state index contributed by atoms with van der Waals surface area (Å²) in [7, 11) is 1.61. The summed E-state index contributed by atoms with van der Waals surface area (Å²) in [5.74, 6) is 0. The fourth-order valence-corrected chi connectivity index (χ4v) is 0.916. The molecule has 0 aliphatic heterocycles. The maximum atomic E-state index is 10.2. The highest BCUT2D eigenvalue weighted by Crippen LogP contribution is 1.97. The maximum Gasteiger partial charge on any atom is 0.229 e. The monoisotopic (exact) mass is 176 g/mol. The van der Waals surface area contributed by atoms with Crippen LogP contribution in [-0.4, -0.2) is 24.7 Å². The van der Waals surface area contributed by atoms with Gasteiger partial charge in [-0.25, -0.2) is 5.01 Å². The fourth-order valence-electron chi connectivity index (χ4n) is 0.916. The maximum absolute atomic E-state index is 10.2. The number of hydrazone groups is 1. The number of carbonyl (C=O) groups is 1. The van der Waals surface area contributed by atoms with E-state index in [1.165, 1.54) is 10.6 Å². The molecule has 3 nitrogen and oxygen atoms in total. The average Bonchev–Trinajstić information content (AvgIpc) is 2.19. The molecule has 0 heterocycles. The van der Waals surface area contributed by atoms with E-state index in [2.05, 4.69) is 5.10 Å². The minimum Gasteiger partial charge on any atom is -0.277 e. The summed E-state index contributed by atoms with van der Waals surface area (Å²) in [4.78, 5) is 10.2. The van der Waals surface area contributed by atoms with Crippen molar-refractivity contribution < 1.29 is 4.79 Å². The van der Waals surface area contributed by atoms with Crippen molar-refractivity contribution in [3.8, 4) is 0 Å². The Balaban J connectivity index is 2.43. The van der Waals surface area contributed by atoms with Crippen LogP contribution in [0.2, 0.25) is 0 Å². The van der Waals surface area contributed by atoms with Crippen molar-refractivity contribution in [3.05, 3.63) is 35.9 Å². The van der Waals surface area contributed by atoms with Crippen LogP contribution in [0.3, 0.4) is 0 Å². The summed E-state index contributed by atoms with van der Waals surface area (Å²) >= 11 is 0. The summed E-state index contributed by atoms with van der Waals surface area (Å²) in [6.45, 7) is 0. The van der Waals surface area contributed by atoms with Crippen LogP contribution < -0.4 is 0 Å². The summed E-state index contributed by atoms with van der Waals surface area (Å²) in [5.41, 5.74) is 1.19. The van der Waals surface area contributed by atoms with Gasteiger partial charge in [-0.05, 0) is 5.56 Å². The van der Waals surface area contributed by atoms with E-state index in [9.17, 15) is 4.79 Å². The minimum atomic E-state index is 0.668. The van der Waals surface area contributed by atoms with Gasteiger partial charge in [-0.1, -0.05) is 30.3 Å². The van der Waals surface area contributed by atoms with Gasteiger partial charge in [-0.3, -0.25) is 4.79 Å². The quantitative estimate of drug-likeness (QED) is 0.386. The molecule has 0 bridgehead atoms. The zero-order chi connectivity index (χ0) is 9.52. The second-order valence-electron chi connectivity index (χ2n) is 2.67. The van der Waals surface area contributed by atoms with Crippen molar-refractivity contribution in [1.29, 1.82) is 0 Å². The molecule has 0 aliphatic carbocycles. The van der Waals surface area contributed by atoms with Crippen molar-refractivity contribution in [3.63, 3.8) is 0 Å². The third kappa shape index (κ3) is 3.51. The van der Waals surface area contributed by atoms with E-state index in [0.717, 1.165) is 6.42 Å². The topological polar surface area (TPSA) is 32.7 Å². The lowest BCUT2D eigenvalue weighted by atomic mass is 10.2. The van der Waals surface area contributed by atoms with Crippen LogP contribution in [0.5, 0.6) is 0 Å². The number of carbonyl (C=O) groups excluding carboxylic acids is 1. The van der Waals surface area contributed by atoms with Gasteiger partial charge in [-0.2, -0.15) is 5.10 Å². The van der Waals surface area contributed by atoms with E-state index in [0.29, 0.717) is 6.41 Å². The van der Waals surface area contributed by atoms with Crippen molar-refractivity contribution in [1.82, 2.24) is 5.01 Å². The Labute approximate surface area is 77.7 Å². The van der Waals surface area contributed by atoms with Gasteiger partial charge in [0.25, 0.3) is 0 Å². The SMILES string of the molecule is CN(C=O)N=CCc1ccccc1. The zero-order valence-corrected chi connectivity index (χ0v) is 7.55. The third-order valence-corrected chi connectivity index (χ3v) is 1.59. The Morgan fingerprint density at radius 1 is 1.38 bits per heavy atom. The Morgan fingerprint density at radius 2 is 2.08 bits per heavy atom. The first-order valence-corrected chi connectivity index (χ1v) is 4.07. The van der Waals surface area contributed by atoms with Crippen LogP contribution in [0.4, 0.5) is 0 Å². The Bertz CT molecular complexity index is 282. The van der Waals surface area contributed by atoms with E-state index in [-0.39, 0.29) is 0 Å². The molecule has 0 unspecified atom stereocenters. The number of nitrogens with zero attached hydrogens (tertiary/aromatic N) is 2. The van der Waals surface area contributed by atoms with Gasteiger partial charge in [0, 0.05) is 19.7 Å². The lowest BCUT2D eigenvalue weighted by molar-refractivity contribution is -0.116. The Hall–Kier alpha value is -1.64. The smallest absolute Gasteiger partial charge is 0.229 e. The van der Waals surface area contributed by atoms with Crippen LogP contribution in [0.25, 0.3) is 0 Å². The van der Waals surface area contributed by atoms with Gasteiger partial charge >= 0.3 is 0 Å². The molecule has 3 heteroatoms. The molecule has 13 heavy (non-hydrogen) atoms. The first kappa shape index (κ1) is 9.45. The number of hydrogen-bond acceptors (Lipinski definition) is 2. The number of rotatable bonds is 4. The van der Waals surface area contributed by atoms with Gasteiger partial charge in [0.05, 0.1) is 0 Å². The molecule has 0 aliphatic rings. The zero-order valence-electron chi connectivity index (χ0n) is 7.55. The summed E-state index contributed by atoms with van der Waals surface area (Å²) in [6, 6.07) is 9.97. The van der Waals surface area contributed by atoms with E-state index in [1.807, 2.05) is 30.3 Å². The average molecular weight is 176 g/mol. The second-order valence-corrected chi connectivity index (χ2v) is 2.67. The largest absolute Gasteiger partial charge is 0.277 e. The lowest BCUT2D eigenvalue weighted by Gasteiger charge is -2.00. The van der Waals surface area contributed by atoms with E-state index < -0.39 is 0 Å². The molecule has 0 saturated heterocycles. The molecule has 0 aromatic heterocycles. The molecule has 0 saturated carbocycles. The summed E-state index contributed by atoms with van der Waals surface area (Å²) in [5, 5.41) is 5.12.